The van der Waals surface area contributed by atoms with Crippen molar-refractivity contribution in [2.45, 2.75) is 39.3 Å². The van der Waals surface area contributed by atoms with Gasteiger partial charge in [0.2, 0.25) is 0 Å². The molecule has 1 amide bonds. The van der Waals surface area contributed by atoms with Crippen LogP contribution in [0.2, 0.25) is 0 Å². The average molecular weight is 217 g/mol. The van der Waals surface area contributed by atoms with Crippen LogP contribution in [0.5, 0.6) is 0 Å². The highest BCUT2D eigenvalue weighted by Crippen LogP contribution is 2.07. The minimum absolute atomic E-state index is 0.00250. The largest absolute Gasteiger partial charge is 0.444 e. The maximum atomic E-state index is 11.3. The molecular formula is C10H19NO2S. The summed E-state index contributed by atoms with van der Waals surface area (Å²) in [6.07, 6.45) is 3.50. The summed E-state index contributed by atoms with van der Waals surface area (Å²) < 4.78 is 5.10. The first-order valence-corrected chi connectivity index (χ1v) is 5.83. The molecule has 0 aliphatic rings. The summed E-state index contributed by atoms with van der Waals surface area (Å²) in [4.78, 5) is 11.3. The minimum atomic E-state index is -0.437. The molecule has 0 aromatic heterocycles. The zero-order valence-electron chi connectivity index (χ0n) is 9.46. The van der Waals surface area contributed by atoms with Gasteiger partial charge in [-0.1, -0.05) is 6.08 Å². The Kier molecular flexibility index (Phi) is 5.69. The zero-order valence-corrected chi connectivity index (χ0v) is 10.3. The average Bonchev–Trinajstić information content (AvgIpc) is 1.96. The van der Waals surface area contributed by atoms with E-state index in [1.807, 2.05) is 45.4 Å². The van der Waals surface area contributed by atoms with Crippen molar-refractivity contribution in [2.75, 3.05) is 6.26 Å². The number of carbonyl (C=O) groups excluding carboxylic acids is 1. The van der Waals surface area contributed by atoms with E-state index in [1.165, 1.54) is 0 Å². The zero-order chi connectivity index (χ0) is 11.2. The third kappa shape index (κ3) is 7.98. The third-order valence-electron chi connectivity index (χ3n) is 1.25. The normalized spacial score (nSPS) is 14.1. The molecule has 0 fully saturated rings. The van der Waals surface area contributed by atoms with Crippen LogP contribution in [0, 0.1) is 0 Å². The Morgan fingerprint density at radius 1 is 1.50 bits per heavy atom. The summed E-state index contributed by atoms with van der Waals surface area (Å²) in [6.45, 7) is 7.43. The van der Waals surface area contributed by atoms with Crippen LogP contribution in [0.1, 0.15) is 27.7 Å². The molecule has 0 spiro atoms. The highest BCUT2D eigenvalue weighted by Gasteiger charge is 2.16. The van der Waals surface area contributed by atoms with Gasteiger partial charge in [0.25, 0.3) is 0 Å². The second kappa shape index (κ2) is 5.96. The van der Waals surface area contributed by atoms with Gasteiger partial charge < -0.3 is 10.1 Å². The molecule has 0 bridgehead atoms. The fourth-order valence-electron chi connectivity index (χ4n) is 0.738. The molecule has 0 aliphatic heterocycles. The number of rotatable bonds is 3. The van der Waals surface area contributed by atoms with Crippen molar-refractivity contribution in [3.8, 4) is 0 Å². The summed E-state index contributed by atoms with van der Waals surface area (Å²) in [6, 6.07) is -0.00250. The van der Waals surface area contributed by atoms with Crippen LogP contribution in [-0.4, -0.2) is 24.0 Å². The SMILES string of the molecule is CS/C=C\[C@@H](C)NC(=O)OC(C)(C)C. The summed E-state index contributed by atoms with van der Waals surface area (Å²) >= 11 is 1.60. The van der Waals surface area contributed by atoms with E-state index in [0.717, 1.165) is 0 Å². The van der Waals surface area contributed by atoms with E-state index < -0.39 is 5.60 Å². The molecule has 0 aliphatic carbocycles. The van der Waals surface area contributed by atoms with Crippen LogP contribution in [0.4, 0.5) is 4.79 Å². The summed E-state index contributed by atoms with van der Waals surface area (Å²) in [5.41, 5.74) is -0.437. The highest BCUT2D eigenvalue weighted by atomic mass is 32.2. The number of hydrogen-bond acceptors (Lipinski definition) is 3. The number of ether oxygens (including phenoxy) is 1. The molecule has 0 saturated heterocycles. The lowest BCUT2D eigenvalue weighted by atomic mass is 10.2. The van der Waals surface area contributed by atoms with Crippen LogP contribution in [0.3, 0.4) is 0 Å². The maximum Gasteiger partial charge on any atom is 0.408 e. The Labute approximate surface area is 90.3 Å². The lowest BCUT2D eigenvalue weighted by molar-refractivity contribution is 0.0518. The van der Waals surface area contributed by atoms with E-state index in [-0.39, 0.29) is 12.1 Å². The van der Waals surface area contributed by atoms with E-state index in [4.69, 9.17) is 4.74 Å². The number of nitrogens with one attached hydrogen (secondary N) is 1. The third-order valence-corrected chi connectivity index (χ3v) is 1.68. The second-order valence-electron chi connectivity index (χ2n) is 4.00. The smallest absolute Gasteiger partial charge is 0.408 e. The molecule has 1 N–H and O–H groups in total. The maximum absolute atomic E-state index is 11.3. The van der Waals surface area contributed by atoms with Gasteiger partial charge in [-0.15, -0.1) is 11.8 Å². The van der Waals surface area contributed by atoms with Crippen molar-refractivity contribution < 1.29 is 9.53 Å². The van der Waals surface area contributed by atoms with Gasteiger partial charge in [-0.25, -0.2) is 4.79 Å². The minimum Gasteiger partial charge on any atom is -0.444 e. The predicted octanol–water partition coefficient (Wildman–Crippen LogP) is 2.78. The van der Waals surface area contributed by atoms with Crippen molar-refractivity contribution in [1.29, 1.82) is 0 Å². The summed E-state index contributed by atoms with van der Waals surface area (Å²) in [5, 5.41) is 4.64. The standard InChI is InChI=1S/C10H19NO2S/c1-8(6-7-14-5)11-9(12)13-10(2,3)4/h6-8H,1-5H3,(H,11,12)/b7-6-/t8-/m1/s1. The topological polar surface area (TPSA) is 38.3 Å². The second-order valence-corrected chi connectivity index (χ2v) is 4.74. The molecule has 1 atom stereocenters. The van der Waals surface area contributed by atoms with Gasteiger partial charge in [0, 0.05) is 6.04 Å². The van der Waals surface area contributed by atoms with Gasteiger partial charge in [0.05, 0.1) is 0 Å². The Bertz CT molecular complexity index is 209. The van der Waals surface area contributed by atoms with E-state index in [9.17, 15) is 4.79 Å². The molecule has 0 saturated carbocycles. The highest BCUT2D eigenvalue weighted by molar-refractivity contribution is 8.01. The molecule has 0 heterocycles. The van der Waals surface area contributed by atoms with Crippen molar-refractivity contribution in [1.82, 2.24) is 5.32 Å². The van der Waals surface area contributed by atoms with Gasteiger partial charge in [0.1, 0.15) is 5.60 Å². The monoisotopic (exact) mass is 217 g/mol. The molecule has 0 rings (SSSR count). The molecule has 0 aromatic carbocycles. The Hall–Kier alpha value is -0.640. The Morgan fingerprint density at radius 3 is 2.50 bits per heavy atom. The number of alkyl carbamates (subject to hydrolysis) is 1. The van der Waals surface area contributed by atoms with Crippen molar-refractivity contribution in [2.24, 2.45) is 0 Å². The lowest BCUT2D eigenvalue weighted by Crippen LogP contribution is -2.36. The van der Waals surface area contributed by atoms with Crippen molar-refractivity contribution in [3.63, 3.8) is 0 Å². The van der Waals surface area contributed by atoms with Gasteiger partial charge in [-0.2, -0.15) is 0 Å². The van der Waals surface area contributed by atoms with E-state index in [0.29, 0.717) is 0 Å². The fourth-order valence-corrected chi connectivity index (χ4v) is 1.13. The van der Waals surface area contributed by atoms with Crippen LogP contribution >= 0.6 is 11.8 Å². The number of carbonyl (C=O) groups is 1. The van der Waals surface area contributed by atoms with Crippen LogP contribution in [0.15, 0.2) is 11.5 Å². The van der Waals surface area contributed by atoms with Crippen LogP contribution in [-0.2, 0) is 4.74 Å². The molecule has 0 aromatic rings. The Morgan fingerprint density at radius 2 is 2.07 bits per heavy atom. The molecular weight excluding hydrogens is 198 g/mol. The lowest BCUT2D eigenvalue weighted by Gasteiger charge is -2.20. The predicted molar refractivity (Wildman–Crippen MR) is 61.5 cm³/mol. The van der Waals surface area contributed by atoms with Gasteiger partial charge in [-0.05, 0) is 39.4 Å². The number of amides is 1. The van der Waals surface area contributed by atoms with Gasteiger partial charge in [0.15, 0.2) is 0 Å². The summed E-state index contributed by atoms with van der Waals surface area (Å²) in [7, 11) is 0. The van der Waals surface area contributed by atoms with Gasteiger partial charge in [-0.3, -0.25) is 0 Å². The summed E-state index contributed by atoms with van der Waals surface area (Å²) in [5.74, 6) is 0. The first kappa shape index (κ1) is 13.4. The van der Waals surface area contributed by atoms with Crippen LogP contribution < -0.4 is 5.32 Å². The Balaban J connectivity index is 3.89. The van der Waals surface area contributed by atoms with E-state index >= 15 is 0 Å². The quantitative estimate of drug-likeness (QED) is 0.790. The van der Waals surface area contributed by atoms with Crippen LogP contribution in [0.25, 0.3) is 0 Å². The van der Waals surface area contributed by atoms with E-state index in [1.54, 1.807) is 11.8 Å². The molecule has 14 heavy (non-hydrogen) atoms. The van der Waals surface area contributed by atoms with Crippen molar-refractivity contribution >= 4 is 17.9 Å². The first-order chi connectivity index (χ1) is 6.35. The van der Waals surface area contributed by atoms with E-state index in [2.05, 4.69) is 5.32 Å². The van der Waals surface area contributed by atoms with Crippen molar-refractivity contribution in [3.05, 3.63) is 11.5 Å². The number of thioether (sulfide) groups is 1. The molecule has 82 valence electrons. The fraction of sp³-hybridized carbons (Fsp3) is 0.700. The van der Waals surface area contributed by atoms with Gasteiger partial charge >= 0.3 is 6.09 Å². The molecule has 3 nitrogen and oxygen atoms in total. The molecule has 0 radical (unpaired) electrons. The number of hydrogen-bond donors (Lipinski definition) is 1. The molecule has 0 unspecified atom stereocenters. The molecule has 4 heteroatoms. The first-order valence-electron chi connectivity index (χ1n) is 4.54.